The second kappa shape index (κ2) is 8.06. The lowest BCUT2D eigenvalue weighted by Gasteiger charge is -2.32. The summed E-state index contributed by atoms with van der Waals surface area (Å²) in [6.07, 6.45) is -7.17. The van der Waals surface area contributed by atoms with Crippen LogP contribution in [0.25, 0.3) is 0 Å². The Kier molecular flexibility index (Phi) is 6.80. The van der Waals surface area contributed by atoms with Crippen LogP contribution in [0.5, 0.6) is 5.75 Å². The van der Waals surface area contributed by atoms with Crippen molar-refractivity contribution in [3.63, 3.8) is 0 Å². The molecule has 0 radical (unpaired) electrons. The summed E-state index contributed by atoms with van der Waals surface area (Å²) in [5.74, 6) is -31.9. The molecule has 0 unspecified atom stereocenters. The molecule has 0 fully saturated rings. The Morgan fingerprint density at radius 3 is 1.76 bits per heavy atom. The lowest BCUT2D eigenvalue weighted by molar-refractivity contribution is -0.342. The van der Waals surface area contributed by atoms with Gasteiger partial charge in [0.1, 0.15) is 0 Å². The number of carbonyl (C=O) groups is 1. The number of carboxylic acid groups (broad SMARTS) is 1. The molecule has 0 aliphatic carbocycles. The highest BCUT2D eigenvalue weighted by atomic mass is 19.4. The van der Waals surface area contributed by atoms with Crippen molar-refractivity contribution in [2.75, 3.05) is 6.61 Å². The Morgan fingerprint density at radius 1 is 0.931 bits per heavy atom. The minimum Gasteiger partial charge on any atom is -0.481 e. The van der Waals surface area contributed by atoms with Gasteiger partial charge >= 0.3 is 30.3 Å². The molecule has 16 heteroatoms. The van der Waals surface area contributed by atoms with Crippen molar-refractivity contribution < 1.29 is 67.3 Å². The number of halogens is 12. The van der Waals surface area contributed by atoms with Gasteiger partial charge in [-0.2, -0.15) is 35.1 Å². The molecular formula is C13H7F12NO3. The summed E-state index contributed by atoms with van der Waals surface area (Å²) in [5.41, 5.74) is -1.60. The number of benzene rings is 1. The number of nitrogens with one attached hydrogen (secondary N) is 1. The molecule has 4 nitrogen and oxygen atoms in total. The van der Waals surface area contributed by atoms with Gasteiger partial charge in [0.05, 0.1) is 6.54 Å². The highest BCUT2D eigenvalue weighted by Crippen LogP contribution is 2.48. The Labute approximate surface area is 152 Å². The fourth-order valence-corrected chi connectivity index (χ4v) is 1.74. The van der Waals surface area contributed by atoms with E-state index in [0.717, 1.165) is 0 Å². The van der Waals surface area contributed by atoms with Crippen molar-refractivity contribution in [3.05, 3.63) is 28.8 Å². The predicted octanol–water partition coefficient (Wildman–Crippen LogP) is 4.56. The van der Waals surface area contributed by atoms with Crippen LogP contribution in [0.2, 0.25) is 0 Å². The molecule has 1 rings (SSSR count). The van der Waals surface area contributed by atoms with Gasteiger partial charge in [-0.1, -0.05) is 0 Å². The van der Waals surface area contributed by atoms with E-state index in [4.69, 9.17) is 5.11 Å². The summed E-state index contributed by atoms with van der Waals surface area (Å²) in [5, 5.41) is 9.58. The zero-order valence-corrected chi connectivity index (χ0v) is 13.3. The van der Waals surface area contributed by atoms with Crippen LogP contribution >= 0.6 is 0 Å². The zero-order valence-electron chi connectivity index (χ0n) is 13.3. The van der Waals surface area contributed by atoms with Crippen molar-refractivity contribution in [1.82, 2.24) is 5.32 Å². The van der Waals surface area contributed by atoms with Crippen LogP contribution in [0, 0.1) is 23.3 Å². The normalized spacial score (nSPS) is 13.0. The fraction of sp³-hybridized carbons (Fsp3) is 0.462. The Hall–Kier alpha value is -2.55. The summed E-state index contributed by atoms with van der Waals surface area (Å²) >= 11 is 0. The van der Waals surface area contributed by atoms with Gasteiger partial charge < -0.3 is 15.2 Å². The van der Waals surface area contributed by atoms with Crippen molar-refractivity contribution in [1.29, 1.82) is 0 Å². The molecular weight excluding hydrogens is 446 g/mol. The summed E-state index contributed by atoms with van der Waals surface area (Å²) in [7, 11) is 0. The number of amides is 1. The molecule has 0 aliphatic rings. The predicted molar refractivity (Wildman–Crippen MR) is 67.5 cm³/mol. The molecule has 1 aromatic rings. The third kappa shape index (κ3) is 4.39. The molecule has 0 heterocycles. The van der Waals surface area contributed by atoms with E-state index in [-0.39, 0.29) is 0 Å². The molecule has 0 bridgehead atoms. The van der Waals surface area contributed by atoms with E-state index in [0.29, 0.717) is 0 Å². The van der Waals surface area contributed by atoms with E-state index in [1.165, 1.54) is 5.32 Å². The molecule has 0 saturated heterocycles. The van der Waals surface area contributed by atoms with Crippen LogP contribution in [0.3, 0.4) is 0 Å². The molecule has 0 spiro atoms. The first-order valence-corrected chi connectivity index (χ1v) is 6.85. The van der Waals surface area contributed by atoms with Gasteiger partial charge in [-0.3, -0.25) is 0 Å². The molecule has 166 valence electrons. The van der Waals surface area contributed by atoms with E-state index in [1.807, 2.05) is 0 Å². The summed E-state index contributed by atoms with van der Waals surface area (Å²) in [4.78, 5) is 10.2. The maximum Gasteiger partial charge on any atom is 0.404 e. The largest absolute Gasteiger partial charge is 0.481 e. The van der Waals surface area contributed by atoms with E-state index in [2.05, 4.69) is 4.74 Å². The van der Waals surface area contributed by atoms with Crippen molar-refractivity contribution >= 4 is 6.09 Å². The molecule has 1 aromatic carbocycles. The van der Waals surface area contributed by atoms with E-state index >= 15 is 0 Å². The van der Waals surface area contributed by atoms with E-state index < -0.39 is 78.0 Å². The summed E-state index contributed by atoms with van der Waals surface area (Å²) < 4.78 is 160. The van der Waals surface area contributed by atoms with Gasteiger partial charge in [-0.05, 0) is 0 Å². The lowest BCUT2D eigenvalue weighted by atomic mass is 10.1. The van der Waals surface area contributed by atoms with Crippen molar-refractivity contribution in [3.8, 4) is 5.75 Å². The maximum atomic E-state index is 13.7. The molecule has 0 aliphatic heterocycles. The van der Waals surface area contributed by atoms with Gasteiger partial charge in [0, 0.05) is 5.56 Å². The number of hydrogen-bond donors (Lipinski definition) is 2. The third-order valence-corrected chi connectivity index (χ3v) is 3.28. The van der Waals surface area contributed by atoms with Gasteiger partial charge in [0.15, 0.2) is 24.0 Å². The number of rotatable bonds is 8. The quantitative estimate of drug-likeness (QED) is 0.449. The van der Waals surface area contributed by atoms with Gasteiger partial charge in [-0.25, -0.2) is 22.4 Å². The molecule has 29 heavy (non-hydrogen) atoms. The average molecular weight is 453 g/mol. The van der Waals surface area contributed by atoms with Crippen molar-refractivity contribution in [2.24, 2.45) is 0 Å². The van der Waals surface area contributed by atoms with Crippen LogP contribution in [-0.2, 0) is 6.54 Å². The molecule has 0 aromatic heterocycles. The van der Waals surface area contributed by atoms with Crippen LogP contribution in [0.15, 0.2) is 0 Å². The monoisotopic (exact) mass is 453 g/mol. The Bertz CT molecular complexity index is 754. The van der Waals surface area contributed by atoms with E-state index in [9.17, 15) is 57.5 Å². The van der Waals surface area contributed by atoms with Gasteiger partial charge in [-0.15, -0.1) is 0 Å². The molecule has 2 N–H and O–H groups in total. The van der Waals surface area contributed by atoms with Crippen LogP contribution < -0.4 is 10.1 Å². The van der Waals surface area contributed by atoms with Crippen LogP contribution in [0.1, 0.15) is 5.56 Å². The zero-order chi connectivity index (χ0) is 22.9. The second-order valence-corrected chi connectivity index (χ2v) is 5.21. The molecule has 1 amide bonds. The van der Waals surface area contributed by atoms with Crippen LogP contribution in [-0.4, -0.2) is 42.0 Å². The van der Waals surface area contributed by atoms with Gasteiger partial charge in [0.2, 0.25) is 11.6 Å². The highest BCUT2D eigenvalue weighted by Gasteiger charge is 2.75. The van der Waals surface area contributed by atoms with Crippen molar-refractivity contribution in [2.45, 2.75) is 30.7 Å². The molecule has 0 atom stereocenters. The first-order valence-electron chi connectivity index (χ1n) is 6.85. The smallest absolute Gasteiger partial charge is 0.404 e. The number of alkyl halides is 8. The summed E-state index contributed by atoms with van der Waals surface area (Å²) in [6, 6.07) is 0. The van der Waals surface area contributed by atoms with E-state index in [1.54, 1.807) is 0 Å². The standard InChI is InChI=1S/C13H7F12NO3/c14-4-3(1-26-10(27)28)5(15)7(17)8(6(4)16)29-2-11(20,21)13(24,25)12(22,23)9(18)19/h9,26H,1-2H2,(H,27,28). The molecule has 0 saturated carbocycles. The third-order valence-electron chi connectivity index (χ3n) is 3.28. The maximum absolute atomic E-state index is 13.7. The summed E-state index contributed by atoms with van der Waals surface area (Å²) in [6.45, 7) is -4.45. The Morgan fingerprint density at radius 2 is 1.38 bits per heavy atom. The fourth-order valence-electron chi connectivity index (χ4n) is 1.74. The highest BCUT2D eigenvalue weighted by molar-refractivity contribution is 5.64. The average Bonchev–Trinajstić information content (AvgIpc) is 2.59. The SMILES string of the molecule is O=C(O)NCc1c(F)c(F)c(OCC(F)(F)C(F)(F)C(F)(F)C(F)F)c(F)c1F. The minimum absolute atomic E-state index is 1.31. The minimum atomic E-state index is -6.79. The number of hydrogen-bond acceptors (Lipinski definition) is 2. The first-order chi connectivity index (χ1) is 13.0. The van der Waals surface area contributed by atoms with Gasteiger partial charge in [0.25, 0.3) is 0 Å². The second-order valence-electron chi connectivity index (χ2n) is 5.21. The number of ether oxygens (including phenoxy) is 1. The topological polar surface area (TPSA) is 58.6 Å². The first kappa shape index (κ1) is 24.5. The Balaban J connectivity index is 3.24. The lowest BCUT2D eigenvalue weighted by Crippen LogP contribution is -2.59. The van der Waals surface area contributed by atoms with Crippen LogP contribution in [0.4, 0.5) is 57.5 Å².